The molecule has 19 heavy (non-hydrogen) atoms. The molecule has 1 atom stereocenters. The molecule has 3 heterocycles. The molecular formula is C15H21N3O. The van der Waals surface area contributed by atoms with E-state index in [-0.39, 0.29) is 5.54 Å². The van der Waals surface area contributed by atoms with Crippen LogP contribution in [0.4, 0.5) is 5.82 Å². The summed E-state index contributed by atoms with van der Waals surface area (Å²) >= 11 is 0. The molecule has 0 aromatic carbocycles. The van der Waals surface area contributed by atoms with Gasteiger partial charge in [0, 0.05) is 25.8 Å². The molecule has 1 aromatic rings. The summed E-state index contributed by atoms with van der Waals surface area (Å²) in [5, 5.41) is 3.65. The second-order valence-corrected chi connectivity index (χ2v) is 6.15. The second-order valence-electron chi connectivity index (χ2n) is 6.15. The fraction of sp³-hybridized carbons (Fsp3) is 0.667. The summed E-state index contributed by atoms with van der Waals surface area (Å²) in [6.07, 6.45) is 5.83. The van der Waals surface area contributed by atoms with Crippen molar-refractivity contribution in [2.75, 3.05) is 37.7 Å². The topological polar surface area (TPSA) is 37.4 Å². The maximum Gasteiger partial charge on any atom is 0.128 e. The largest absolute Gasteiger partial charge is 0.378 e. The smallest absolute Gasteiger partial charge is 0.128 e. The maximum absolute atomic E-state index is 5.65. The summed E-state index contributed by atoms with van der Waals surface area (Å²) in [6, 6.07) is 4.47. The fourth-order valence-corrected chi connectivity index (χ4v) is 3.31. The molecular weight excluding hydrogens is 238 g/mol. The molecule has 1 spiro atoms. The number of hydrogen-bond acceptors (Lipinski definition) is 4. The number of anilines is 1. The third kappa shape index (κ3) is 2.23. The van der Waals surface area contributed by atoms with Crippen LogP contribution in [0.25, 0.3) is 0 Å². The summed E-state index contributed by atoms with van der Waals surface area (Å²) in [4.78, 5) is 6.98. The van der Waals surface area contributed by atoms with Gasteiger partial charge in [0.05, 0.1) is 18.8 Å². The fourth-order valence-electron chi connectivity index (χ4n) is 3.31. The van der Waals surface area contributed by atoms with Crippen molar-refractivity contribution in [3.8, 4) is 0 Å². The molecule has 2 aliphatic heterocycles. The number of hydrogen-bond donors (Lipinski definition) is 1. The van der Waals surface area contributed by atoms with Gasteiger partial charge in [0.1, 0.15) is 5.82 Å². The van der Waals surface area contributed by atoms with Crippen molar-refractivity contribution < 1.29 is 4.74 Å². The van der Waals surface area contributed by atoms with E-state index in [1.54, 1.807) is 0 Å². The Morgan fingerprint density at radius 3 is 3.16 bits per heavy atom. The summed E-state index contributed by atoms with van der Waals surface area (Å²) in [6.45, 7) is 4.76. The van der Waals surface area contributed by atoms with Gasteiger partial charge in [0.25, 0.3) is 0 Å². The predicted molar refractivity (Wildman–Crippen MR) is 74.6 cm³/mol. The van der Waals surface area contributed by atoms with Crippen molar-refractivity contribution in [1.29, 1.82) is 0 Å². The van der Waals surface area contributed by atoms with Crippen molar-refractivity contribution in [3.05, 3.63) is 23.9 Å². The monoisotopic (exact) mass is 259 g/mol. The van der Waals surface area contributed by atoms with E-state index in [0.717, 1.165) is 51.0 Å². The van der Waals surface area contributed by atoms with Gasteiger partial charge < -0.3 is 15.0 Å². The van der Waals surface area contributed by atoms with Crippen LogP contribution in [0.2, 0.25) is 0 Å². The van der Waals surface area contributed by atoms with Gasteiger partial charge in [-0.3, -0.25) is 0 Å². The first-order valence-corrected chi connectivity index (χ1v) is 7.38. The van der Waals surface area contributed by atoms with Gasteiger partial charge >= 0.3 is 0 Å². The molecule has 0 unspecified atom stereocenters. The number of pyridine rings is 1. The van der Waals surface area contributed by atoms with Gasteiger partial charge in [-0.2, -0.15) is 0 Å². The Bertz CT molecular complexity index is 466. The Labute approximate surface area is 114 Å². The Morgan fingerprint density at radius 1 is 1.42 bits per heavy atom. The first-order chi connectivity index (χ1) is 9.35. The van der Waals surface area contributed by atoms with Crippen LogP contribution < -0.4 is 10.2 Å². The zero-order valence-corrected chi connectivity index (χ0v) is 11.3. The maximum atomic E-state index is 5.65. The average molecular weight is 259 g/mol. The Kier molecular flexibility index (Phi) is 2.74. The summed E-state index contributed by atoms with van der Waals surface area (Å²) in [5.74, 6) is 1.95. The van der Waals surface area contributed by atoms with Crippen LogP contribution in [0, 0.1) is 0 Å². The van der Waals surface area contributed by atoms with Crippen LogP contribution in [0.1, 0.15) is 30.7 Å². The van der Waals surface area contributed by atoms with E-state index in [0.29, 0.717) is 0 Å². The van der Waals surface area contributed by atoms with Gasteiger partial charge in [-0.05, 0) is 42.9 Å². The molecule has 4 heteroatoms. The van der Waals surface area contributed by atoms with E-state index in [2.05, 4.69) is 27.3 Å². The highest BCUT2D eigenvalue weighted by Crippen LogP contribution is 2.41. The van der Waals surface area contributed by atoms with Crippen LogP contribution in [0.5, 0.6) is 0 Å². The Balaban J connectivity index is 1.52. The van der Waals surface area contributed by atoms with E-state index in [4.69, 9.17) is 4.74 Å². The standard InChI is InChI=1S/C15H21N3O/c1-2-12(1)13-3-5-16-14(9-13)18-7-4-15(10-18)11-19-8-6-17-15/h3,5,9,12,17H,1-2,4,6-8,10-11H2/t15-/m0/s1. The van der Waals surface area contributed by atoms with Gasteiger partial charge in [-0.15, -0.1) is 0 Å². The number of aromatic nitrogens is 1. The van der Waals surface area contributed by atoms with Crippen LogP contribution in [0.3, 0.4) is 0 Å². The highest BCUT2D eigenvalue weighted by Gasteiger charge is 2.40. The third-order valence-corrected chi connectivity index (χ3v) is 4.62. The van der Waals surface area contributed by atoms with Gasteiger partial charge in [0.15, 0.2) is 0 Å². The van der Waals surface area contributed by atoms with Crippen molar-refractivity contribution in [2.24, 2.45) is 0 Å². The van der Waals surface area contributed by atoms with Gasteiger partial charge in [-0.25, -0.2) is 4.98 Å². The van der Waals surface area contributed by atoms with Crippen molar-refractivity contribution in [2.45, 2.75) is 30.7 Å². The van der Waals surface area contributed by atoms with Crippen molar-refractivity contribution in [3.63, 3.8) is 0 Å². The SMILES string of the molecule is c1cc(C2CC2)cc(N2CC[C@@]3(COCCN3)C2)n1. The molecule has 0 amide bonds. The van der Waals surface area contributed by atoms with Crippen molar-refractivity contribution in [1.82, 2.24) is 10.3 Å². The summed E-state index contributed by atoms with van der Waals surface area (Å²) in [5.41, 5.74) is 1.63. The molecule has 0 bridgehead atoms. The number of nitrogens with one attached hydrogen (secondary N) is 1. The average Bonchev–Trinajstić information content (AvgIpc) is 3.24. The predicted octanol–water partition coefficient (Wildman–Crippen LogP) is 1.53. The van der Waals surface area contributed by atoms with Crippen LogP contribution in [0.15, 0.2) is 18.3 Å². The molecule has 4 nitrogen and oxygen atoms in total. The van der Waals surface area contributed by atoms with E-state index < -0.39 is 0 Å². The van der Waals surface area contributed by atoms with Crippen LogP contribution in [-0.4, -0.2) is 43.4 Å². The molecule has 1 saturated carbocycles. The number of morpholine rings is 1. The van der Waals surface area contributed by atoms with Crippen molar-refractivity contribution >= 4 is 5.82 Å². The zero-order valence-electron chi connectivity index (χ0n) is 11.3. The molecule has 102 valence electrons. The summed E-state index contributed by atoms with van der Waals surface area (Å²) in [7, 11) is 0. The molecule has 3 fully saturated rings. The Morgan fingerprint density at radius 2 is 2.37 bits per heavy atom. The lowest BCUT2D eigenvalue weighted by Gasteiger charge is -2.34. The zero-order chi connectivity index (χ0) is 12.7. The van der Waals surface area contributed by atoms with E-state index in [1.165, 1.54) is 18.4 Å². The van der Waals surface area contributed by atoms with Crippen LogP contribution >= 0.6 is 0 Å². The molecule has 2 saturated heterocycles. The van der Waals surface area contributed by atoms with Gasteiger partial charge in [0.2, 0.25) is 0 Å². The molecule has 1 aliphatic carbocycles. The van der Waals surface area contributed by atoms with Gasteiger partial charge in [-0.1, -0.05) is 0 Å². The lowest BCUT2D eigenvalue weighted by Crippen LogP contribution is -2.55. The molecule has 1 N–H and O–H groups in total. The quantitative estimate of drug-likeness (QED) is 0.874. The molecule has 0 radical (unpaired) electrons. The first kappa shape index (κ1) is 11.7. The Hall–Kier alpha value is -1.13. The lowest BCUT2D eigenvalue weighted by atomic mass is 9.99. The first-order valence-electron chi connectivity index (χ1n) is 7.38. The number of ether oxygens (including phenoxy) is 1. The van der Waals surface area contributed by atoms with Crippen LogP contribution in [-0.2, 0) is 4.74 Å². The minimum absolute atomic E-state index is 0.162. The molecule has 1 aromatic heterocycles. The molecule has 4 rings (SSSR count). The molecule has 3 aliphatic rings. The lowest BCUT2D eigenvalue weighted by molar-refractivity contribution is 0.0368. The minimum Gasteiger partial charge on any atom is -0.378 e. The van der Waals surface area contributed by atoms with E-state index >= 15 is 0 Å². The minimum atomic E-state index is 0.162. The highest BCUT2D eigenvalue weighted by atomic mass is 16.5. The number of nitrogens with zero attached hydrogens (tertiary/aromatic N) is 2. The number of rotatable bonds is 2. The van der Waals surface area contributed by atoms with E-state index in [1.807, 2.05) is 6.20 Å². The normalized spacial score (nSPS) is 31.1. The highest BCUT2D eigenvalue weighted by molar-refractivity contribution is 5.45. The second kappa shape index (κ2) is 4.46. The third-order valence-electron chi connectivity index (χ3n) is 4.62. The summed E-state index contributed by atoms with van der Waals surface area (Å²) < 4.78 is 5.65. The van der Waals surface area contributed by atoms with E-state index in [9.17, 15) is 0 Å².